The van der Waals surface area contributed by atoms with Crippen molar-refractivity contribution in [3.8, 4) is 17.2 Å². The fourth-order valence-corrected chi connectivity index (χ4v) is 1.97. The van der Waals surface area contributed by atoms with Gasteiger partial charge in [0.25, 0.3) is 0 Å². The number of nitrogens with zero attached hydrogens (tertiary/aromatic N) is 1. The summed E-state index contributed by atoms with van der Waals surface area (Å²) in [5, 5.41) is 3.14. The number of rotatable bonds is 8. The Balaban J connectivity index is 3.02. The number of nitrogens with one attached hydrogen (secondary N) is 1. The summed E-state index contributed by atoms with van der Waals surface area (Å²) >= 11 is 0. The normalized spacial score (nSPS) is 10.2. The third-order valence-corrected chi connectivity index (χ3v) is 2.99. The first-order valence-corrected chi connectivity index (χ1v) is 6.33. The van der Waals surface area contributed by atoms with Gasteiger partial charge < -0.3 is 24.4 Å². The molecule has 0 heterocycles. The van der Waals surface area contributed by atoms with Gasteiger partial charge in [0.1, 0.15) is 22.9 Å². The van der Waals surface area contributed by atoms with Crippen LogP contribution in [-0.4, -0.2) is 48.5 Å². The molecule has 0 saturated heterocycles. The molecule has 0 aliphatic carbocycles. The molecule has 108 valence electrons. The van der Waals surface area contributed by atoms with Crippen molar-refractivity contribution < 1.29 is 14.2 Å². The van der Waals surface area contributed by atoms with Crippen LogP contribution >= 0.6 is 0 Å². The highest BCUT2D eigenvalue weighted by atomic mass is 16.5. The number of ether oxygens (including phenoxy) is 3. The number of benzene rings is 1. The summed E-state index contributed by atoms with van der Waals surface area (Å²) in [4.78, 5) is 2.13. The lowest BCUT2D eigenvalue weighted by molar-refractivity contribution is 0.375. The summed E-state index contributed by atoms with van der Waals surface area (Å²) in [6.07, 6.45) is 1.05. The van der Waals surface area contributed by atoms with Gasteiger partial charge in [0, 0.05) is 25.7 Å². The molecule has 1 aromatic carbocycles. The van der Waals surface area contributed by atoms with Crippen LogP contribution in [0.3, 0.4) is 0 Å². The number of methoxy groups -OCH3 is 3. The highest BCUT2D eigenvalue weighted by Gasteiger charge is 2.16. The van der Waals surface area contributed by atoms with E-state index in [1.165, 1.54) is 0 Å². The van der Waals surface area contributed by atoms with Crippen LogP contribution in [0, 0.1) is 0 Å². The Hall–Kier alpha value is -1.62. The SMILES string of the molecule is CNCCCN(C)c1c(OC)cc(OC)cc1OC. The zero-order valence-corrected chi connectivity index (χ0v) is 12.4. The lowest BCUT2D eigenvalue weighted by atomic mass is 10.2. The molecule has 0 bridgehead atoms. The Labute approximate surface area is 115 Å². The van der Waals surface area contributed by atoms with Gasteiger partial charge in [-0.05, 0) is 20.0 Å². The molecular formula is C14H24N2O3. The van der Waals surface area contributed by atoms with E-state index < -0.39 is 0 Å². The van der Waals surface area contributed by atoms with E-state index in [1.807, 2.05) is 26.2 Å². The predicted molar refractivity (Wildman–Crippen MR) is 77.9 cm³/mol. The largest absolute Gasteiger partial charge is 0.496 e. The van der Waals surface area contributed by atoms with Gasteiger partial charge in [-0.25, -0.2) is 0 Å². The van der Waals surface area contributed by atoms with Gasteiger partial charge in [-0.2, -0.15) is 0 Å². The summed E-state index contributed by atoms with van der Waals surface area (Å²) in [6, 6.07) is 3.73. The van der Waals surface area contributed by atoms with E-state index in [0.717, 1.165) is 42.4 Å². The first kappa shape index (κ1) is 15.4. The maximum Gasteiger partial charge on any atom is 0.149 e. The van der Waals surface area contributed by atoms with Crippen molar-refractivity contribution in [3.05, 3.63) is 12.1 Å². The first-order chi connectivity index (χ1) is 9.17. The second-order valence-corrected chi connectivity index (χ2v) is 4.26. The van der Waals surface area contributed by atoms with Gasteiger partial charge in [0.15, 0.2) is 0 Å². The van der Waals surface area contributed by atoms with E-state index in [9.17, 15) is 0 Å². The molecule has 0 aliphatic heterocycles. The highest BCUT2D eigenvalue weighted by molar-refractivity contribution is 5.70. The third-order valence-electron chi connectivity index (χ3n) is 2.99. The Morgan fingerprint density at radius 2 is 1.63 bits per heavy atom. The van der Waals surface area contributed by atoms with Crippen LogP contribution in [0.5, 0.6) is 17.2 Å². The van der Waals surface area contributed by atoms with Gasteiger partial charge >= 0.3 is 0 Å². The van der Waals surface area contributed by atoms with Gasteiger partial charge in [-0.3, -0.25) is 0 Å². The molecule has 0 atom stereocenters. The number of hydrogen-bond acceptors (Lipinski definition) is 5. The van der Waals surface area contributed by atoms with Crippen LogP contribution < -0.4 is 24.4 Å². The lowest BCUT2D eigenvalue weighted by Gasteiger charge is -2.24. The molecule has 1 rings (SSSR count). The van der Waals surface area contributed by atoms with Crippen LogP contribution in [0.4, 0.5) is 5.69 Å². The van der Waals surface area contributed by atoms with Crippen molar-refractivity contribution in [1.29, 1.82) is 0 Å². The van der Waals surface area contributed by atoms with E-state index in [4.69, 9.17) is 14.2 Å². The maximum atomic E-state index is 5.44. The van der Waals surface area contributed by atoms with E-state index in [-0.39, 0.29) is 0 Å². The maximum absolute atomic E-state index is 5.44. The fraction of sp³-hybridized carbons (Fsp3) is 0.571. The molecule has 1 N–H and O–H groups in total. The van der Waals surface area contributed by atoms with Crippen LogP contribution in [0.25, 0.3) is 0 Å². The average Bonchev–Trinajstić information content (AvgIpc) is 2.45. The van der Waals surface area contributed by atoms with E-state index in [0.29, 0.717) is 0 Å². The molecule has 5 nitrogen and oxygen atoms in total. The van der Waals surface area contributed by atoms with Crippen molar-refractivity contribution in [2.45, 2.75) is 6.42 Å². The third kappa shape index (κ3) is 3.92. The molecule has 0 aliphatic rings. The zero-order valence-electron chi connectivity index (χ0n) is 12.4. The molecule has 19 heavy (non-hydrogen) atoms. The zero-order chi connectivity index (χ0) is 14.3. The molecule has 0 radical (unpaired) electrons. The summed E-state index contributed by atoms with van der Waals surface area (Å²) < 4.78 is 16.1. The fourth-order valence-electron chi connectivity index (χ4n) is 1.97. The summed E-state index contributed by atoms with van der Waals surface area (Å²) in [5.74, 6) is 2.23. The van der Waals surface area contributed by atoms with Crippen LogP contribution in [0.15, 0.2) is 12.1 Å². The van der Waals surface area contributed by atoms with Crippen molar-refractivity contribution in [3.63, 3.8) is 0 Å². The van der Waals surface area contributed by atoms with E-state index in [2.05, 4.69) is 10.2 Å². The molecule has 1 aromatic rings. The quantitative estimate of drug-likeness (QED) is 0.728. The summed E-state index contributed by atoms with van der Waals surface area (Å²) in [6.45, 7) is 1.89. The van der Waals surface area contributed by atoms with Gasteiger partial charge in [-0.15, -0.1) is 0 Å². The summed E-state index contributed by atoms with van der Waals surface area (Å²) in [7, 11) is 8.92. The molecule has 0 amide bonds. The lowest BCUT2D eigenvalue weighted by Crippen LogP contribution is -2.23. The minimum Gasteiger partial charge on any atom is -0.496 e. The highest BCUT2D eigenvalue weighted by Crippen LogP contribution is 2.40. The number of anilines is 1. The standard InChI is InChI=1S/C14H24N2O3/c1-15-7-6-8-16(2)14-12(18-4)9-11(17-3)10-13(14)19-5/h9-10,15H,6-8H2,1-5H3. The predicted octanol–water partition coefficient (Wildman–Crippen LogP) is 1.76. The van der Waals surface area contributed by atoms with Crippen LogP contribution in [0.2, 0.25) is 0 Å². The molecular weight excluding hydrogens is 244 g/mol. The minimum atomic E-state index is 0.723. The van der Waals surface area contributed by atoms with Crippen molar-refractivity contribution in [2.24, 2.45) is 0 Å². The Bertz CT molecular complexity index is 371. The Morgan fingerprint density at radius 3 is 2.05 bits per heavy atom. The first-order valence-electron chi connectivity index (χ1n) is 6.33. The van der Waals surface area contributed by atoms with Gasteiger partial charge in [0.2, 0.25) is 0 Å². The van der Waals surface area contributed by atoms with Crippen LogP contribution in [0.1, 0.15) is 6.42 Å². The van der Waals surface area contributed by atoms with Crippen molar-refractivity contribution in [1.82, 2.24) is 5.32 Å². The van der Waals surface area contributed by atoms with Crippen LogP contribution in [-0.2, 0) is 0 Å². The van der Waals surface area contributed by atoms with Crippen molar-refractivity contribution in [2.75, 3.05) is 53.4 Å². The van der Waals surface area contributed by atoms with E-state index in [1.54, 1.807) is 21.3 Å². The van der Waals surface area contributed by atoms with Gasteiger partial charge in [-0.1, -0.05) is 0 Å². The minimum absolute atomic E-state index is 0.723. The van der Waals surface area contributed by atoms with E-state index >= 15 is 0 Å². The topological polar surface area (TPSA) is 43.0 Å². The second kappa shape index (κ2) is 7.74. The Morgan fingerprint density at radius 1 is 1.05 bits per heavy atom. The average molecular weight is 268 g/mol. The summed E-state index contributed by atoms with van der Waals surface area (Å²) in [5.41, 5.74) is 0.946. The Kier molecular flexibility index (Phi) is 6.29. The molecule has 5 heteroatoms. The second-order valence-electron chi connectivity index (χ2n) is 4.26. The van der Waals surface area contributed by atoms with Gasteiger partial charge in [0.05, 0.1) is 21.3 Å². The molecule has 0 fully saturated rings. The van der Waals surface area contributed by atoms with Crippen molar-refractivity contribution >= 4 is 5.69 Å². The number of hydrogen-bond donors (Lipinski definition) is 1. The monoisotopic (exact) mass is 268 g/mol. The molecule has 0 unspecified atom stereocenters. The smallest absolute Gasteiger partial charge is 0.149 e. The molecule has 0 saturated carbocycles. The molecule has 0 aromatic heterocycles. The molecule has 0 spiro atoms.